The van der Waals surface area contributed by atoms with Gasteiger partial charge >= 0.3 is 0 Å². The van der Waals surface area contributed by atoms with Crippen molar-refractivity contribution in [2.45, 2.75) is 59.7 Å². The predicted molar refractivity (Wildman–Crippen MR) is 135 cm³/mol. The van der Waals surface area contributed by atoms with Crippen LogP contribution in [-0.4, -0.2) is 64.9 Å². The molecule has 0 radical (unpaired) electrons. The van der Waals surface area contributed by atoms with E-state index >= 15 is 0 Å². The Labute approximate surface area is 199 Å². The van der Waals surface area contributed by atoms with Gasteiger partial charge < -0.3 is 10.2 Å². The van der Waals surface area contributed by atoms with E-state index in [1.807, 2.05) is 6.07 Å². The molecule has 0 saturated carbocycles. The third-order valence-corrected chi connectivity index (χ3v) is 6.57. The summed E-state index contributed by atoms with van der Waals surface area (Å²) in [7, 11) is 2.18. The van der Waals surface area contributed by atoms with Crippen molar-refractivity contribution in [3.63, 3.8) is 0 Å². The number of carbonyl (C=O) groups excluding carboxylic acids is 1. The summed E-state index contributed by atoms with van der Waals surface area (Å²) in [5.74, 6) is 1.53. The second-order valence-electron chi connectivity index (χ2n) is 9.53. The van der Waals surface area contributed by atoms with Gasteiger partial charge in [0.25, 0.3) is 0 Å². The lowest BCUT2D eigenvalue weighted by molar-refractivity contribution is -0.117. The molecule has 1 aliphatic heterocycles. The zero-order chi connectivity index (χ0) is 24.0. The molecular weight excluding hydrogens is 412 g/mol. The fraction of sp³-hybridized carbons (Fsp3) is 0.577. The van der Waals surface area contributed by atoms with Gasteiger partial charge in [-0.2, -0.15) is 4.98 Å². The van der Waals surface area contributed by atoms with Gasteiger partial charge in [0.05, 0.1) is 6.04 Å². The largest absolute Gasteiger partial charge is 0.348 e. The van der Waals surface area contributed by atoms with Crippen LogP contribution in [0.15, 0.2) is 36.5 Å². The van der Waals surface area contributed by atoms with Gasteiger partial charge in [0.1, 0.15) is 5.82 Å². The van der Waals surface area contributed by atoms with E-state index in [1.165, 1.54) is 11.1 Å². The van der Waals surface area contributed by atoms with Crippen molar-refractivity contribution in [1.29, 1.82) is 0 Å². The molecule has 2 atom stereocenters. The number of rotatable bonds is 9. The lowest BCUT2D eigenvalue weighted by Crippen LogP contribution is -2.43. The van der Waals surface area contributed by atoms with Crippen LogP contribution in [0.4, 0.5) is 11.8 Å². The summed E-state index contributed by atoms with van der Waals surface area (Å²) in [6, 6.07) is 10.8. The van der Waals surface area contributed by atoms with Gasteiger partial charge in [-0.1, -0.05) is 45.0 Å². The van der Waals surface area contributed by atoms with Crippen LogP contribution in [0.2, 0.25) is 0 Å². The topological polar surface area (TPSA) is 64.6 Å². The summed E-state index contributed by atoms with van der Waals surface area (Å²) in [4.78, 5) is 28.2. The number of likely N-dealkylation sites (N-methyl/N-ethyl adjacent to an activating group) is 1. The molecule has 1 aliphatic rings. The van der Waals surface area contributed by atoms with Gasteiger partial charge in [-0.3, -0.25) is 14.6 Å². The Morgan fingerprint density at radius 3 is 2.33 bits per heavy atom. The maximum absolute atomic E-state index is 12.4. The monoisotopic (exact) mass is 452 g/mol. The summed E-state index contributed by atoms with van der Waals surface area (Å²) in [6.45, 7) is 15.6. The van der Waals surface area contributed by atoms with E-state index in [2.05, 4.69) is 84.1 Å². The quantitative estimate of drug-likeness (QED) is 0.616. The maximum atomic E-state index is 12.4. The van der Waals surface area contributed by atoms with Crippen LogP contribution in [0, 0.1) is 5.92 Å². The molecule has 0 bridgehead atoms. The van der Waals surface area contributed by atoms with Crippen molar-refractivity contribution in [2.75, 3.05) is 43.4 Å². The third kappa shape index (κ3) is 6.74. The Hall–Kier alpha value is -2.51. The van der Waals surface area contributed by atoms with Gasteiger partial charge in [-0.05, 0) is 43.5 Å². The highest BCUT2D eigenvalue weighted by Gasteiger charge is 2.25. The van der Waals surface area contributed by atoms with E-state index < -0.39 is 0 Å². The van der Waals surface area contributed by atoms with Crippen molar-refractivity contribution in [1.82, 2.24) is 19.8 Å². The fourth-order valence-electron chi connectivity index (χ4n) is 4.52. The normalized spacial score (nSPS) is 17.1. The van der Waals surface area contributed by atoms with Crippen LogP contribution in [0.3, 0.4) is 0 Å². The molecule has 1 aromatic heterocycles. The average Bonchev–Trinajstić information content (AvgIpc) is 2.79. The molecular formula is C26H40N6O. The number of amides is 1. The minimum Gasteiger partial charge on any atom is -0.348 e. The van der Waals surface area contributed by atoms with E-state index in [4.69, 9.17) is 0 Å². The SMILES string of the molecule is CCC(C(C)C)N(C(C)=O)c1ccnc(NC(C)c2ccc(CN3CCN(C)CC3)cc2)n1. The molecule has 1 N–H and O–H groups in total. The van der Waals surface area contributed by atoms with Gasteiger partial charge in [0.2, 0.25) is 11.9 Å². The number of hydrogen-bond donors (Lipinski definition) is 1. The van der Waals surface area contributed by atoms with Crippen LogP contribution < -0.4 is 10.2 Å². The molecule has 2 aromatic rings. The van der Waals surface area contributed by atoms with Gasteiger partial charge in [0.15, 0.2) is 0 Å². The minimum atomic E-state index is 0.00388. The summed E-state index contributed by atoms with van der Waals surface area (Å²) in [6.07, 6.45) is 2.60. The van der Waals surface area contributed by atoms with Crippen LogP contribution in [0.1, 0.15) is 58.2 Å². The van der Waals surface area contributed by atoms with Crippen LogP contribution >= 0.6 is 0 Å². The Morgan fingerprint density at radius 2 is 1.76 bits per heavy atom. The standard InChI is InChI=1S/C26H40N6O/c1-7-24(19(2)3)32(21(5)33)25-12-13-27-26(29-25)28-20(4)23-10-8-22(9-11-23)18-31-16-14-30(6)15-17-31/h8-13,19-20,24H,7,14-18H2,1-6H3,(H,27,28,29). The highest BCUT2D eigenvalue weighted by atomic mass is 16.2. The maximum Gasteiger partial charge on any atom is 0.225 e. The van der Waals surface area contributed by atoms with Crippen LogP contribution in [0.5, 0.6) is 0 Å². The van der Waals surface area contributed by atoms with E-state index in [1.54, 1.807) is 18.0 Å². The number of benzene rings is 1. The van der Waals surface area contributed by atoms with Gasteiger partial charge in [-0.15, -0.1) is 0 Å². The second-order valence-corrected chi connectivity index (χ2v) is 9.53. The lowest BCUT2D eigenvalue weighted by Gasteiger charge is -2.32. The summed E-state index contributed by atoms with van der Waals surface area (Å²) in [5, 5.41) is 3.41. The number of hydrogen-bond acceptors (Lipinski definition) is 6. The van der Waals surface area contributed by atoms with Crippen molar-refractivity contribution in [3.8, 4) is 0 Å². The highest BCUT2D eigenvalue weighted by Crippen LogP contribution is 2.24. The minimum absolute atomic E-state index is 0.00388. The Morgan fingerprint density at radius 1 is 1.09 bits per heavy atom. The first kappa shape index (κ1) is 25.1. The summed E-state index contributed by atoms with van der Waals surface area (Å²) < 4.78 is 0. The van der Waals surface area contributed by atoms with Crippen molar-refractivity contribution < 1.29 is 4.79 Å². The molecule has 0 aliphatic carbocycles. The summed E-state index contributed by atoms with van der Waals surface area (Å²) >= 11 is 0. The number of piperazine rings is 1. The number of aromatic nitrogens is 2. The van der Waals surface area contributed by atoms with Crippen molar-refractivity contribution >= 4 is 17.7 Å². The first-order valence-electron chi connectivity index (χ1n) is 12.2. The first-order chi connectivity index (χ1) is 15.8. The fourth-order valence-corrected chi connectivity index (χ4v) is 4.52. The molecule has 1 amide bonds. The van der Waals surface area contributed by atoms with Crippen molar-refractivity contribution in [2.24, 2.45) is 5.92 Å². The van der Waals surface area contributed by atoms with Crippen LogP contribution in [-0.2, 0) is 11.3 Å². The Bertz CT molecular complexity index is 892. The van der Waals surface area contributed by atoms with E-state index in [0.717, 1.165) is 39.1 Å². The molecule has 180 valence electrons. The zero-order valence-corrected chi connectivity index (χ0v) is 21.1. The van der Waals surface area contributed by atoms with Crippen LogP contribution in [0.25, 0.3) is 0 Å². The molecule has 3 rings (SSSR count). The molecule has 1 saturated heterocycles. The van der Waals surface area contributed by atoms with E-state index in [9.17, 15) is 4.79 Å². The molecule has 2 unspecified atom stereocenters. The highest BCUT2D eigenvalue weighted by molar-refractivity contribution is 5.91. The lowest BCUT2D eigenvalue weighted by atomic mass is 10.00. The second kappa shape index (κ2) is 11.6. The third-order valence-electron chi connectivity index (χ3n) is 6.57. The molecule has 0 spiro atoms. The number of nitrogens with zero attached hydrogens (tertiary/aromatic N) is 5. The smallest absolute Gasteiger partial charge is 0.225 e. The number of carbonyl (C=O) groups is 1. The van der Waals surface area contributed by atoms with Gasteiger partial charge in [-0.25, -0.2) is 4.98 Å². The van der Waals surface area contributed by atoms with Gasteiger partial charge in [0, 0.05) is 51.9 Å². The molecule has 7 heteroatoms. The number of nitrogens with one attached hydrogen (secondary N) is 1. The van der Waals surface area contributed by atoms with E-state index in [-0.39, 0.29) is 18.0 Å². The van der Waals surface area contributed by atoms with Crippen molar-refractivity contribution in [3.05, 3.63) is 47.7 Å². The summed E-state index contributed by atoms with van der Waals surface area (Å²) in [5.41, 5.74) is 2.52. The molecule has 7 nitrogen and oxygen atoms in total. The molecule has 33 heavy (non-hydrogen) atoms. The Balaban J connectivity index is 1.66. The molecule has 1 aromatic carbocycles. The van der Waals surface area contributed by atoms with E-state index in [0.29, 0.717) is 17.7 Å². The first-order valence-corrected chi connectivity index (χ1v) is 12.2. The molecule has 2 heterocycles. The predicted octanol–water partition coefficient (Wildman–Crippen LogP) is 4.18. The molecule has 1 fully saturated rings. The Kier molecular flexibility index (Phi) is 8.80. The average molecular weight is 453 g/mol. The number of anilines is 2. The zero-order valence-electron chi connectivity index (χ0n) is 21.1.